The quantitative estimate of drug-likeness (QED) is 0.383. The first-order chi connectivity index (χ1) is 18.0. The second kappa shape index (κ2) is 10.4. The molecule has 0 saturated heterocycles. The highest BCUT2D eigenvalue weighted by Crippen LogP contribution is 2.45. The zero-order chi connectivity index (χ0) is 28.8. The molecule has 8 heteroatoms. The van der Waals surface area contributed by atoms with E-state index >= 15 is 0 Å². The molecule has 0 radical (unpaired) electrons. The van der Waals surface area contributed by atoms with Crippen LogP contribution in [-0.4, -0.2) is 53.7 Å². The van der Waals surface area contributed by atoms with E-state index in [1.807, 2.05) is 58.0 Å². The third kappa shape index (κ3) is 5.98. The lowest BCUT2D eigenvalue weighted by Crippen LogP contribution is -2.51. The molecule has 6 nitrogen and oxygen atoms in total. The maximum atomic E-state index is 10.6. The van der Waals surface area contributed by atoms with Crippen molar-refractivity contribution in [2.24, 2.45) is 0 Å². The Bertz CT molecular complexity index is 1230. The Hall–Kier alpha value is -2.56. The number of aliphatic hydroxyl groups is 2. The van der Waals surface area contributed by atoms with Crippen molar-refractivity contribution in [2.45, 2.75) is 102 Å². The normalized spacial score (nSPS) is 21.0. The van der Waals surface area contributed by atoms with Gasteiger partial charge in [0, 0.05) is 23.0 Å². The summed E-state index contributed by atoms with van der Waals surface area (Å²) in [5.74, 6) is 1.28. The summed E-state index contributed by atoms with van der Waals surface area (Å²) in [6.07, 6.45) is 5.34. The Morgan fingerprint density at radius 1 is 0.872 bits per heavy atom. The SMILES string of the molecule is CC(C)(O)C(C)(C)OBc1cc(C2C=CC3c4ccccc4OC3C2)cc(BOC(C)(C)C(C)(C)O)c1C#N. The number of para-hydroxylation sites is 1. The number of fused-ring (bicyclic) bond motifs is 3. The summed E-state index contributed by atoms with van der Waals surface area (Å²) >= 11 is 0. The molecule has 0 aromatic heterocycles. The Morgan fingerprint density at radius 2 is 1.41 bits per heavy atom. The summed E-state index contributed by atoms with van der Waals surface area (Å²) in [7, 11) is 0.333. The van der Waals surface area contributed by atoms with E-state index in [1.54, 1.807) is 27.7 Å². The standard InChI is InChI=1S/C31H41B2NO5/c1-28(2,35)30(5,6)38-32-24-15-20(16-25(23(24)18-34)33-39-31(7,8)29(3,4)36)19-13-14-22-21-11-9-10-12-26(21)37-27(22)17-19/h9-16,19,22,27,32-33,35-36H,17H2,1-8H3. The van der Waals surface area contributed by atoms with Gasteiger partial charge in [0.1, 0.15) is 11.9 Å². The van der Waals surface area contributed by atoms with Crippen LogP contribution < -0.4 is 15.7 Å². The van der Waals surface area contributed by atoms with E-state index in [0.717, 1.165) is 28.7 Å². The molecule has 206 valence electrons. The van der Waals surface area contributed by atoms with Gasteiger partial charge in [0.2, 0.25) is 0 Å². The molecule has 2 aliphatic rings. The van der Waals surface area contributed by atoms with E-state index in [1.165, 1.54) is 5.56 Å². The lowest BCUT2D eigenvalue weighted by Gasteiger charge is -2.38. The number of rotatable bonds is 9. The van der Waals surface area contributed by atoms with Crippen molar-refractivity contribution in [1.82, 2.24) is 0 Å². The topological polar surface area (TPSA) is 91.9 Å². The van der Waals surface area contributed by atoms with E-state index < -0.39 is 22.4 Å². The minimum Gasteiger partial charge on any atom is -0.489 e. The van der Waals surface area contributed by atoms with Crippen LogP contribution in [0.3, 0.4) is 0 Å². The summed E-state index contributed by atoms with van der Waals surface area (Å²) in [5.41, 5.74) is 0.459. The highest BCUT2D eigenvalue weighted by Gasteiger charge is 2.39. The van der Waals surface area contributed by atoms with Gasteiger partial charge in [-0.3, -0.25) is 0 Å². The summed E-state index contributed by atoms with van der Waals surface area (Å²) in [6, 6.07) is 14.7. The van der Waals surface area contributed by atoms with E-state index in [4.69, 9.17) is 14.0 Å². The molecule has 0 fully saturated rings. The third-order valence-electron chi connectivity index (χ3n) is 8.98. The van der Waals surface area contributed by atoms with Gasteiger partial charge in [0.05, 0.1) is 28.5 Å². The first-order valence-electron chi connectivity index (χ1n) is 13.8. The molecule has 2 N–H and O–H groups in total. The third-order valence-corrected chi connectivity index (χ3v) is 8.98. The monoisotopic (exact) mass is 529 g/mol. The fourth-order valence-electron chi connectivity index (χ4n) is 4.80. The second-order valence-electron chi connectivity index (χ2n) is 13.0. The van der Waals surface area contributed by atoms with Gasteiger partial charge in [-0.15, -0.1) is 0 Å². The lowest BCUT2D eigenvalue weighted by atomic mass is 9.70. The van der Waals surface area contributed by atoms with E-state index in [2.05, 4.69) is 24.3 Å². The second-order valence-corrected chi connectivity index (χ2v) is 13.0. The van der Waals surface area contributed by atoms with Crippen molar-refractivity contribution in [1.29, 1.82) is 5.26 Å². The fourth-order valence-corrected chi connectivity index (χ4v) is 4.80. The van der Waals surface area contributed by atoms with E-state index in [-0.39, 0.29) is 32.9 Å². The molecule has 39 heavy (non-hydrogen) atoms. The van der Waals surface area contributed by atoms with Crippen molar-refractivity contribution in [2.75, 3.05) is 0 Å². The van der Waals surface area contributed by atoms with Crippen LogP contribution in [-0.2, 0) is 9.31 Å². The Kier molecular flexibility index (Phi) is 7.88. The van der Waals surface area contributed by atoms with Crippen LogP contribution >= 0.6 is 0 Å². The molecule has 2 aromatic carbocycles. The zero-order valence-corrected chi connectivity index (χ0v) is 24.5. The van der Waals surface area contributed by atoms with Crippen LogP contribution in [0, 0.1) is 11.3 Å². The molecule has 0 bridgehead atoms. The first-order valence-corrected chi connectivity index (χ1v) is 13.8. The average Bonchev–Trinajstić information content (AvgIpc) is 3.22. The summed E-state index contributed by atoms with van der Waals surface area (Å²) in [5, 5.41) is 31.4. The highest BCUT2D eigenvalue weighted by molar-refractivity contribution is 6.53. The lowest BCUT2D eigenvalue weighted by molar-refractivity contribution is -0.0894. The first kappa shape index (κ1) is 29.4. The largest absolute Gasteiger partial charge is 0.489 e. The molecule has 4 rings (SSSR count). The van der Waals surface area contributed by atoms with Crippen LogP contribution in [0.1, 0.15) is 90.3 Å². The van der Waals surface area contributed by atoms with Crippen LogP contribution in [0.5, 0.6) is 5.75 Å². The number of hydrogen-bond donors (Lipinski definition) is 2. The number of nitriles is 1. The number of benzene rings is 2. The van der Waals surface area contributed by atoms with Crippen LogP contribution in [0.4, 0.5) is 0 Å². The molecule has 1 heterocycles. The van der Waals surface area contributed by atoms with Crippen LogP contribution in [0.15, 0.2) is 48.6 Å². The molecular formula is C31H41B2NO5. The number of allylic oxidation sites excluding steroid dienone is 1. The number of hydrogen-bond acceptors (Lipinski definition) is 6. The summed E-state index contributed by atoms with van der Waals surface area (Å²) < 4.78 is 18.7. The zero-order valence-electron chi connectivity index (χ0n) is 24.5. The van der Waals surface area contributed by atoms with Gasteiger partial charge in [-0.05, 0) is 84.4 Å². The van der Waals surface area contributed by atoms with Gasteiger partial charge >= 0.3 is 15.0 Å². The molecule has 3 unspecified atom stereocenters. The van der Waals surface area contributed by atoms with Crippen LogP contribution in [0.2, 0.25) is 0 Å². The number of nitrogens with zero attached hydrogens (tertiary/aromatic N) is 1. The van der Waals surface area contributed by atoms with Crippen molar-refractivity contribution in [3.63, 3.8) is 0 Å². The molecule has 2 aromatic rings. The van der Waals surface area contributed by atoms with E-state index in [0.29, 0.717) is 5.56 Å². The molecule has 1 aliphatic carbocycles. The minimum absolute atomic E-state index is 0.0516. The van der Waals surface area contributed by atoms with Crippen molar-refractivity contribution < 1.29 is 24.3 Å². The van der Waals surface area contributed by atoms with Gasteiger partial charge in [0.15, 0.2) is 0 Å². The molecular weight excluding hydrogens is 488 g/mol. The maximum Gasteiger partial charge on any atom is 0.310 e. The highest BCUT2D eigenvalue weighted by atomic mass is 16.5. The predicted molar refractivity (Wildman–Crippen MR) is 158 cm³/mol. The van der Waals surface area contributed by atoms with Gasteiger partial charge in [-0.1, -0.05) is 42.5 Å². The van der Waals surface area contributed by atoms with Gasteiger partial charge in [-0.25, -0.2) is 0 Å². The maximum absolute atomic E-state index is 10.6. The van der Waals surface area contributed by atoms with Crippen molar-refractivity contribution in [3.8, 4) is 11.8 Å². The Balaban J connectivity index is 1.68. The number of ether oxygens (including phenoxy) is 1. The molecule has 0 amide bonds. The minimum atomic E-state index is -1.07. The van der Waals surface area contributed by atoms with Crippen molar-refractivity contribution in [3.05, 3.63) is 65.2 Å². The predicted octanol–water partition coefficient (Wildman–Crippen LogP) is 3.23. The van der Waals surface area contributed by atoms with Gasteiger partial charge in [0.25, 0.3) is 0 Å². The van der Waals surface area contributed by atoms with Crippen LogP contribution in [0.25, 0.3) is 0 Å². The average molecular weight is 529 g/mol. The summed E-state index contributed by atoms with van der Waals surface area (Å²) in [4.78, 5) is 0. The van der Waals surface area contributed by atoms with Gasteiger partial charge in [-0.2, -0.15) is 5.26 Å². The molecule has 0 saturated carbocycles. The molecule has 3 atom stereocenters. The van der Waals surface area contributed by atoms with E-state index in [9.17, 15) is 15.5 Å². The Labute approximate surface area is 234 Å². The molecule has 1 aliphatic heterocycles. The Morgan fingerprint density at radius 3 is 1.92 bits per heavy atom. The van der Waals surface area contributed by atoms with Gasteiger partial charge < -0.3 is 24.3 Å². The molecule has 0 spiro atoms. The fraction of sp³-hybridized carbons (Fsp3) is 0.516. The summed E-state index contributed by atoms with van der Waals surface area (Å²) in [6.45, 7) is 14.3. The smallest absolute Gasteiger partial charge is 0.310 e. The van der Waals surface area contributed by atoms with Crippen molar-refractivity contribution >= 4 is 25.9 Å².